The fourth-order valence-electron chi connectivity index (χ4n) is 2.94. The molecule has 2 heterocycles. The van der Waals surface area contributed by atoms with E-state index >= 15 is 0 Å². The average molecular weight is 183 g/mol. The van der Waals surface area contributed by atoms with E-state index in [1.165, 1.54) is 12.8 Å². The Hall–Kier alpha value is -0.570. The van der Waals surface area contributed by atoms with E-state index in [1.54, 1.807) is 0 Å². The number of rotatable bonds is 2. The standard InChI is InChI=1S/C10H17NO2/c1-11-8-2-3-9(11)5-7(4-8)6-10(12)13/h7-9H,2-6H2,1H3,(H,12,13)/t8-,9-/m0/s1. The number of carbonyl (C=O) groups is 1. The second kappa shape index (κ2) is 3.29. The van der Waals surface area contributed by atoms with Gasteiger partial charge in [-0.05, 0) is 38.6 Å². The highest BCUT2D eigenvalue weighted by Gasteiger charge is 2.38. The highest BCUT2D eigenvalue weighted by Crippen LogP contribution is 2.38. The third kappa shape index (κ3) is 1.70. The maximum Gasteiger partial charge on any atom is 0.303 e. The van der Waals surface area contributed by atoms with Gasteiger partial charge in [0, 0.05) is 18.5 Å². The van der Waals surface area contributed by atoms with Crippen LogP contribution < -0.4 is 0 Å². The molecule has 0 amide bonds. The smallest absolute Gasteiger partial charge is 0.303 e. The van der Waals surface area contributed by atoms with Gasteiger partial charge in [-0.3, -0.25) is 4.79 Å². The second-order valence-electron chi connectivity index (χ2n) is 4.49. The molecule has 0 aliphatic carbocycles. The molecule has 0 unspecified atom stereocenters. The molecule has 2 atom stereocenters. The van der Waals surface area contributed by atoms with Crippen molar-refractivity contribution in [3.05, 3.63) is 0 Å². The maximum absolute atomic E-state index is 10.6. The lowest BCUT2D eigenvalue weighted by Crippen LogP contribution is -2.40. The summed E-state index contributed by atoms with van der Waals surface area (Å²) in [6.45, 7) is 0. The van der Waals surface area contributed by atoms with Crippen molar-refractivity contribution in [2.45, 2.75) is 44.2 Å². The summed E-state index contributed by atoms with van der Waals surface area (Å²) in [6.07, 6.45) is 5.12. The normalized spacial score (nSPS) is 39.3. The number of fused-ring (bicyclic) bond motifs is 2. The monoisotopic (exact) mass is 183 g/mol. The van der Waals surface area contributed by atoms with E-state index in [0.29, 0.717) is 24.4 Å². The minimum absolute atomic E-state index is 0.376. The average Bonchev–Trinajstić information content (AvgIpc) is 2.33. The first-order valence-corrected chi connectivity index (χ1v) is 5.10. The SMILES string of the molecule is CN1[C@H]2CC[C@H]1CC(CC(=O)O)C2. The minimum Gasteiger partial charge on any atom is -0.481 e. The van der Waals surface area contributed by atoms with Gasteiger partial charge in [0.2, 0.25) is 0 Å². The van der Waals surface area contributed by atoms with Crippen molar-refractivity contribution in [1.82, 2.24) is 4.90 Å². The Balaban J connectivity index is 1.95. The van der Waals surface area contributed by atoms with Crippen molar-refractivity contribution in [2.24, 2.45) is 5.92 Å². The molecule has 3 nitrogen and oxygen atoms in total. The molecule has 0 radical (unpaired) electrons. The van der Waals surface area contributed by atoms with Crippen LogP contribution in [0.4, 0.5) is 0 Å². The number of nitrogens with zero attached hydrogens (tertiary/aromatic N) is 1. The molecule has 74 valence electrons. The number of carboxylic acid groups (broad SMARTS) is 1. The fraction of sp³-hybridized carbons (Fsp3) is 0.900. The predicted octanol–water partition coefficient (Wildman–Crippen LogP) is 1.33. The molecule has 13 heavy (non-hydrogen) atoms. The molecule has 2 rings (SSSR count). The van der Waals surface area contributed by atoms with Gasteiger partial charge in [-0.1, -0.05) is 0 Å². The van der Waals surface area contributed by atoms with E-state index in [0.717, 1.165) is 12.8 Å². The summed E-state index contributed by atoms with van der Waals surface area (Å²) in [4.78, 5) is 13.0. The zero-order valence-corrected chi connectivity index (χ0v) is 8.07. The van der Waals surface area contributed by atoms with Crippen LogP contribution >= 0.6 is 0 Å². The summed E-state index contributed by atoms with van der Waals surface area (Å²) in [5.41, 5.74) is 0. The largest absolute Gasteiger partial charge is 0.481 e. The van der Waals surface area contributed by atoms with E-state index in [4.69, 9.17) is 5.11 Å². The predicted molar refractivity (Wildman–Crippen MR) is 49.5 cm³/mol. The zero-order valence-electron chi connectivity index (χ0n) is 8.07. The Morgan fingerprint density at radius 2 is 1.92 bits per heavy atom. The van der Waals surface area contributed by atoms with Crippen molar-refractivity contribution in [3.63, 3.8) is 0 Å². The van der Waals surface area contributed by atoms with E-state index in [-0.39, 0.29) is 0 Å². The van der Waals surface area contributed by atoms with E-state index in [9.17, 15) is 4.79 Å². The van der Waals surface area contributed by atoms with Gasteiger partial charge in [0.1, 0.15) is 0 Å². The first-order chi connectivity index (χ1) is 6.16. The zero-order chi connectivity index (χ0) is 9.42. The van der Waals surface area contributed by atoms with Gasteiger partial charge in [0.15, 0.2) is 0 Å². The Bertz CT molecular complexity index is 203. The molecular weight excluding hydrogens is 166 g/mol. The molecule has 2 aliphatic rings. The molecule has 0 saturated carbocycles. The van der Waals surface area contributed by atoms with Crippen LogP contribution in [-0.2, 0) is 4.79 Å². The molecule has 1 N–H and O–H groups in total. The van der Waals surface area contributed by atoms with Gasteiger partial charge in [0.05, 0.1) is 0 Å². The molecule has 3 heteroatoms. The van der Waals surface area contributed by atoms with E-state index < -0.39 is 5.97 Å². The Morgan fingerprint density at radius 1 is 1.38 bits per heavy atom. The van der Waals surface area contributed by atoms with Crippen molar-refractivity contribution in [3.8, 4) is 0 Å². The van der Waals surface area contributed by atoms with Crippen LogP contribution in [0.5, 0.6) is 0 Å². The third-order valence-corrected chi connectivity index (χ3v) is 3.66. The van der Waals surface area contributed by atoms with Crippen LogP contribution in [0.3, 0.4) is 0 Å². The number of hydrogen-bond acceptors (Lipinski definition) is 2. The van der Waals surface area contributed by atoms with Crippen molar-refractivity contribution in [1.29, 1.82) is 0 Å². The number of hydrogen-bond donors (Lipinski definition) is 1. The first-order valence-electron chi connectivity index (χ1n) is 5.10. The summed E-state index contributed by atoms with van der Waals surface area (Å²) >= 11 is 0. The molecule has 0 spiro atoms. The summed E-state index contributed by atoms with van der Waals surface area (Å²) < 4.78 is 0. The molecule has 2 saturated heterocycles. The van der Waals surface area contributed by atoms with Crippen molar-refractivity contribution in [2.75, 3.05) is 7.05 Å². The van der Waals surface area contributed by atoms with Crippen LogP contribution in [0.25, 0.3) is 0 Å². The molecule has 0 aromatic rings. The number of piperidine rings is 1. The molecule has 2 fully saturated rings. The lowest BCUT2D eigenvalue weighted by Gasteiger charge is -2.35. The van der Waals surface area contributed by atoms with Gasteiger partial charge in [0.25, 0.3) is 0 Å². The van der Waals surface area contributed by atoms with Crippen LogP contribution in [0.1, 0.15) is 32.1 Å². The topological polar surface area (TPSA) is 40.5 Å². The summed E-state index contributed by atoms with van der Waals surface area (Å²) in [5, 5.41) is 8.71. The molecule has 0 aromatic carbocycles. The quantitative estimate of drug-likeness (QED) is 0.702. The van der Waals surface area contributed by atoms with Crippen LogP contribution in [0, 0.1) is 5.92 Å². The summed E-state index contributed by atoms with van der Waals surface area (Å²) in [7, 11) is 2.18. The maximum atomic E-state index is 10.6. The van der Waals surface area contributed by atoms with E-state index in [1.807, 2.05) is 0 Å². The highest BCUT2D eigenvalue weighted by molar-refractivity contribution is 5.67. The lowest BCUT2D eigenvalue weighted by atomic mass is 9.89. The lowest BCUT2D eigenvalue weighted by molar-refractivity contribution is -0.138. The third-order valence-electron chi connectivity index (χ3n) is 3.66. The van der Waals surface area contributed by atoms with Crippen LogP contribution in [0.15, 0.2) is 0 Å². The number of carboxylic acids is 1. The van der Waals surface area contributed by atoms with Gasteiger partial charge in [-0.25, -0.2) is 0 Å². The fourth-order valence-corrected chi connectivity index (χ4v) is 2.94. The van der Waals surface area contributed by atoms with Gasteiger partial charge >= 0.3 is 5.97 Å². The molecule has 2 aliphatic heterocycles. The van der Waals surface area contributed by atoms with Crippen LogP contribution in [0.2, 0.25) is 0 Å². The Kier molecular flexibility index (Phi) is 2.28. The number of aliphatic carboxylic acids is 1. The van der Waals surface area contributed by atoms with Gasteiger partial charge in [-0.2, -0.15) is 0 Å². The second-order valence-corrected chi connectivity index (χ2v) is 4.49. The van der Waals surface area contributed by atoms with Gasteiger partial charge < -0.3 is 10.0 Å². The van der Waals surface area contributed by atoms with E-state index in [2.05, 4.69) is 11.9 Å². The Labute approximate surface area is 78.7 Å². The van der Waals surface area contributed by atoms with Crippen molar-refractivity contribution >= 4 is 5.97 Å². The summed E-state index contributed by atoms with van der Waals surface area (Å²) in [6, 6.07) is 1.34. The van der Waals surface area contributed by atoms with Gasteiger partial charge in [-0.15, -0.1) is 0 Å². The van der Waals surface area contributed by atoms with Crippen LogP contribution in [-0.4, -0.2) is 35.1 Å². The molecule has 2 bridgehead atoms. The Morgan fingerprint density at radius 3 is 2.38 bits per heavy atom. The highest BCUT2D eigenvalue weighted by atomic mass is 16.4. The first kappa shape index (κ1) is 9.00. The molecular formula is C10H17NO2. The molecule has 0 aromatic heterocycles. The minimum atomic E-state index is -0.631. The summed E-state index contributed by atoms with van der Waals surface area (Å²) in [5.74, 6) is -0.194. The van der Waals surface area contributed by atoms with Crippen molar-refractivity contribution < 1.29 is 9.90 Å².